The maximum atomic E-state index is 11.5. The maximum Gasteiger partial charge on any atom is 0.259 e. The highest BCUT2D eigenvalue weighted by molar-refractivity contribution is 6.30. The molecule has 0 unspecified atom stereocenters. The highest BCUT2D eigenvalue weighted by Crippen LogP contribution is 2.26. The predicted molar refractivity (Wildman–Crippen MR) is 51.7 cm³/mol. The molecule has 0 spiro atoms. The normalized spacial score (nSPS) is 20.9. The second-order valence-electron chi connectivity index (χ2n) is 3.57. The minimum atomic E-state index is -0.637. The number of hydrogen-bond acceptors (Lipinski definition) is 4. The van der Waals surface area contributed by atoms with Gasteiger partial charge in [0.15, 0.2) is 0 Å². The largest absolute Gasteiger partial charge is 0.288 e. The molecule has 6 nitrogen and oxygen atoms in total. The van der Waals surface area contributed by atoms with Gasteiger partial charge in [-0.2, -0.15) is 0 Å². The molecule has 16 heavy (non-hydrogen) atoms. The van der Waals surface area contributed by atoms with Gasteiger partial charge in [-0.3, -0.25) is 29.8 Å². The minimum absolute atomic E-state index is 0.00847. The Labute approximate surface area is 90.4 Å². The van der Waals surface area contributed by atoms with Gasteiger partial charge in [0.2, 0.25) is 0 Å². The molecule has 2 N–H and O–H groups in total. The lowest BCUT2D eigenvalue weighted by Gasteiger charge is -2.00. The van der Waals surface area contributed by atoms with E-state index in [2.05, 4.69) is 10.6 Å². The van der Waals surface area contributed by atoms with E-state index in [1.165, 1.54) is 13.8 Å². The van der Waals surface area contributed by atoms with Crippen LogP contribution in [0.2, 0.25) is 0 Å². The lowest BCUT2D eigenvalue weighted by molar-refractivity contribution is -0.126. The Bertz CT molecular complexity index is 477. The molecule has 2 heterocycles. The fourth-order valence-electron chi connectivity index (χ4n) is 1.69. The molecule has 0 saturated heterocycles. The fraction of sp³-hybridized carbons (Fsp3) is 0.200. The fourth-order valence-corrected chi connectivity index (χ4v) is 1.69. The number of nitrogens with one attached hydrogen (secondary N) is 2. The highest BCUT2D eigenvalue weighted by Gasteiger charge is 2.38. The van der Waals surface area contributed by atoms with Crippen molar-refractivity contribution in [1.82, 2.24) is 10.6 Å². The molecule has 0 aromatic carbocycles. The average Bonchev–Trinajstić information content (AvgIpc) is 2.57. The number of carbonyl (C=O) groups is 4. The zero-order valence-corrected chi connectivity index (χ0v) is 8.63. The van der Waals surface area contributed by atoms with Crippen LogP contribution in [-0.2, 0) is 19.2 Å². The first kappa shape index (κ1) is 10.3. The molecule has 2 rings (SSSR count). The van der Waals surface area contributed by atoms with Crippen molar-refractivity contribution in [1.29, 1.82) is 0 Å². The van der Waals surface area contributed by atoms with Crippen molar-refractivity contribution in [2.24, 2.45) is 0 Å². The summed E-state index contributed by atoms with van der Waals surface area (Å²) in [7, 11) is 0. The van der Waals surface area contributed by atoms with Gasteiger partial charge in [0.1, 0.15) is 0 Å². The van der Waals surface area contributed by atoms with Crippen molar-refractivity contribution in [3.8, 4) is 0 Å². The topological polar surface area (TPSA) is 92.3 Å². The summed E-state index contributed by atoms with van der Waals surface area (Å²) in [5, 5.41) is 4.14. The number of amides is 4. The third-order valence-corrected chi connectivity index (χ3v) is 2.59. The van der Waals surface area contributed by atoms with E-state index in [-0.39, 0.29) is 22.3 Å². The minimum Gasteiger partial charge on any atom is -0.288 e. The van der Waals surface area contributed by atoms with Crippen LogP contribution in [0.1, 0.15) is 13.8 Å². The van der Waals surface area contributed by atoms with Crippen LogP contribution in [0, 0.1) is 0 Å². The van der Waals surface area contributed by atoms with Crippen molar-refractivity contribution >= 4 is 23.6 Å². The van der Waals surface area contributed by atoms with E-state index in [1.54, 1.807) is 0 Å². The van der Waals surface area contributed by atoms with E-state index in [1.807, 2.05) is 0 Å². The van der Waals surface area contributed by atoms with Crippen LogP contribution in [0.4, 0.5) is 0 Å². The van der Waals surface area contributed by atoms with Crippen molar-refractivity contribution in [2.45, 2.75) is 13.8 Å². The Morgan fingerprint density at radius 1 is 0.625 bits per heavy atom. The summed E-state index contributed by atoms with van der Waals surface area (Å²) in [6, 6.07) is 0. The van der Waals surface area contributed by atoms with Crippen LogP contribution in [0.25, 0.3) is 0 Å². The number of rotatable bonds is 1. The van der Waals surface area contributed by atoms with E-state index >= 15 is 0 Å². The summed E-state index contributed by atoms with van der Waals surface area (Å²) in [6.07, 6.45) is 0. The molecule has 0 saturated carbocycles. The van der Waals surface area contributed by atoms with Gasteiger partial charge in [0.05, 0.1) is 11.1 Å². The van der Waals surface area contributed by atoms with Crippen molar-refractivity contribution in [3.63, 3.8) is 0 Å². The lowest BCUT2D eigenvalue weighted by atomic mass is 9.99. The molecule has 0 aromatic rings. The number of carbonyl (C=O) groups excluding carboxylic acids is 4. The van der Waals surface area contributed by atoms with Crippen LogP contribution in [0.15, 0.2) is 22.3 Å². The lowest BCUT2D eigenvalue weighted by Crippen LogP contribution is -2.26. The van der Waals surface area contributed by atoms with E-state index < -0.39 is 23.6 Å². The van der Waals surface area contributed by atoms with Crippen LogP contribution in [-0.4, -0.2) is 23.6 Å². The molecule has 4 amide bonds. The maximum absolute atomic E-state index is 11.5. The van der Waals surface area contributed by atoms with Gasteiger partial charge < -0.3 is 0 Å². The summed E-state index contributed by atoms with van der Waals surface area (Å²) in [4.78, 5) is 45.4. The van der Waals surface area contributed by atoms with Crippen molar-refractivity contribution < 1.29 is 19.2 Å². The highest BCUT2D eigenvalue weighted by atomic mass is 16.2. The number of hydrogen-bond donors (Lipinski definition) is 2. The van der Waals surface area contributed by atoms with E-state index in [9.17, 15) is 19.2 Å². The molecule has 0 fully saturated rings. The summed E-state index contributed by atoms with van der Waals surface area (Å²) in [5.41, 5.74) is 0.296. The molecule has 0 radical (unpaired) electrons. The van der Waals surface area contributed by atoms with Crippen LogP contribution < -0.4 is 10.6 Å². The molecule has 0 bridgehead atoms. The number of imide groups is 2. The Hall–Kier alpha value is -2.24. The second-order valence-corrected chi connectivity index (χ2v) is 3.57. The standard InChI is InChI=1S/C10H8N2O4/c1-3-5(9(15)11-7(3)13)6-4(2)8(14)12-10(6)16/h1-2H3,(H,11,13,15)(H,12,14,16). The van der Waals surface area contributed by atoms with E-state index in [0.29, 0.717) is 0 Å². The molecule has 0 aromatic heterocycles. The molecular weight excluding hydrogens is 212 g/mol. The molecule has 0 atom stereocenters. The summed E-state index contributed by atoms with van der Waals surface area (Å²) >= 11 is 0. The second kappa shape index (κ2) is 3.13. The van der Waals surface area contributed by atoms with Gasteiger partial charge in [-0.05, 0) is 13.8 Å². The average molecular weight is 220 g/mol. The first-order valence-electron chi connectivity index (χ1n) is 4.57. The molecule has 82 valence electrons. The van der Waals surface area contributed by atoms with Crippen molar-refractivity contribution in [3.05, 3.63) is 22.3 Å². The van der Waals surface area contributed by atoms with Crippen molar-refractivity contribution in [2.75, 3.05) is 0 Å². The Kier molecular flexibility index (Phi) is 2.01. The predicted octanol–water partition coefficient (Wildman–Crippen LogP) is -1.07. The summed E-state index contributed by atoms with van der Waals surface area (Å²) in [5.74, 6) is -2.34. The van der Waals surface area contributed by atoms with Gasteiger partial charge in [-0.15, -0.1) is 0 Å². The Morgan fingerprint density at radius 2 is 0.938 bits per heavy atom. The summed E-state index contributed by atoms with van der Waals surface area (Å²) < 4.78 is 0. The molecular formula is C10H8N2O4. The summed E-state index contributed by atoms with van der Waals surface area (Å²) in [6.45, 7) is 2.87. The van der Waals surface area contributed by atoms with Crippen LogP contribution in [0.3, 0.4) is 0 Å². The third-order valence-electron chi connectivity index (χ3n) is 2.59. The van der Waals surface area contributed by atoms with Gasteiger partial charge >= 0.3 is 0 Å². The Balaban J connectivity index is 2.63. The smallest absolute Gasteiger partial charge is 0.259 e. The molecule has 2 aliphatic rings. The Morgan fingerprint density at radius 3 is 1.12 bits per heavy atom. The zero-order chi connectivity index (χ0) is 12.0. The first-order chi connectivity index (χ1) is 7.43. The quantitative estimate of drug-likeness (QED) is 0.550. The third kappa shape index (κ3) is 1.19. The molecule has 0 aliphatic carbocycles. The van der Waals surface area contributed by atoms with Gasteiger partial charge in [0.25, 0.3) is 23.6 Å². The van der Waals surface area contributed by atoms with E-state index in [4.69, 9.17) is 0 Å². The molecule has 2 aliphatic heterocycles. The SMILES string of the molecule is CC1=C(C2=C(C)C(=O)NC2=O)C(=O)NC1=O. The van der Waals surface area contributed by atoms with E-state index in [0.717, 1.165) is 0 Å². The van der Waals surface area contributed by atoms with Gasteiger partial charge in [-0.1, -0.05) is 0 Å². The monoisotopic (exact) mass is 220 g/mol. The van der Waals surface area contributed by atoms with Gasteiger partial charge in [0, 0.05) is 11.1 Å². The first-order valence-corrected chi connectivity index (χ1v) is 4.57. The van der Waals surface area contributed by atoms with Gasteiger partial charge in [-0.25, -0.2) is 0 Å². The van der Waals surface area contributed by atoms with Crippen LogP contribution in [0.5, 0.6) is 0 Å². The molecule has 6 heteroatoms. The zero-order valence-electron chi connectivity index (χ0n) is 8.63. The van der Waals surface area contributed by atoms with Crippen LogP contribution >= 0.6 is 0 Å².